The largest absolute Gasteiger partial charge is 0.491 e. The molecule has 1 aromatic carbocycles. The Morgan fingerprint density at radius 1 is 1.24 bits per heavy atom. The van der Waals surface area contributed by atoms with Crippen LogP contribution in [0.4, 0.5) is 19.0 Å². The summed E-state index contributed by atoms with van der Waals surface area (Å²) in [6, 6.07) is 3.48. The van der Waals surface area contributed by atoms with Gasteiger partial charge in [0.2, 0.25) is 0 Å². The topological polar surface area (TPSA) is 117 Å². The summed E-state index contributed by atoms with van der Waals surface area (Å²) in [6.07, 6.45) is -4.99. The molecule has 0 bridgehead atoms. The first-order chi connectivity index (χ1) is 19.2. The number of nitrogens with two attached hydrogens (primary N) is 1. The lowest BCUT2D eigenvalue weighted by atomic mass is 9.72. The van der Waals surface area contributed by atoms with Crippen molar-refractivity contribution >= 4 is 28.8 Å². The van der Waals surface area contributed by atoms with Crippen LogP contribution < -0.4 is 20.7 Å². The van der Waals surface area contributed by atoms with Crippen molar-refractivity contribution in [2.75, 3.05) is 51.3 Å². The highest BCUT2D eigenvalue weighted by Gasteiger charge is 2.56. The zero-order valence-electron chi connectivity index (χ0n) is 23.8. The van der Waals surface area contributed by atoms with E-state index in [9.17, 15) is 23.1 Å². The van der Waals surface area contributed by atoms with Crippen LogP contribution in [-0.4, -0.2) is 90.5 Å². The molecule has 1 aromatic heterocycles. The van der Waals surface area contributed by atoms with Crippen molar-refractivity contribution < 1.29 is 27.8 Å². The third kappa shape index (κ3) is 6.45. The predicted octanol–water partition coefficient (Wildman–Crippen LogP) is 3.42. The van der Waals surface area contributed by atoms with Crippen LogP contribution in [0.15, 0.2) is 23.9 Å². The van der Waals surface area contributed by atoms with Crippen LogP contribution in [-0.2, 0) is 4.79 Å². The van der Waals surface area contributed by atoms with E-state index in [1.54, 1.807) is 39.1 Å². The first kappa shape index (κ1) is 31.0. The van der Waals surface area contributed by atoms with Gasteiger partial charge in [0.1, 0.15) is 30.3 Å². The van der Waals surface area contributed by atoms with Crippen LogP contribution in [0.1, 0.15) is 32.0 Å². The van der Waals surface area contributed by atoms with E-state index in [4.69, 9.17) is 32.0 Å². The summed E-state index contributed by atoms with van der Waals surface area (Å²) in [7, 11) is 1.73. The third-order valence-corrected chi connectivity index (χ3v) is 7.94. The fourth-order valence-electron chi connectivity index (χ4n) is 5.47. The number of likely N-dealkylation sites (tertiary alicyclic amines) is 1. The predicted molar refractivity (Wildman–Crippen MR) is 152 cm³/mol. The minimum absolute atomic E-state index is 0.0522. The highest BCUT2D eigenvalue weighted by molar-refractivity contribution is 6.33. The number of nitrogens with one attached hydrogen (secondary N) is 1. The average Bonchev–Trinajstić information content (AvgIpc) is 2.82. The van der Waals surface area contributed by atoms with Crippen LogP contribution in [0.5, 0.6) is 5.75 Å². The number of hydrogen-bond donors (Lipinski definition) is 3. The fraction of sp³-hybridized carbons (Fsp3) is 0.536. The van der Waals surface area contributed by atoms with Gasteiger partial charge in [-0.2, -0.15) is 13.2 Å². The number of hydrogen-bond acceptors (Lipinski definition) is 9. The van der Waals surface area contributed by atoms with Crippen molar-refractivity contribution in [3.8, 4) is 17.1 Å². The van der Waals surface area contributed by atoms with Gasteiger partial charge in [0.05, 0.1) is 16.3 Å². The molecule has 41 heavy (non-hydrogen) atoms. The highest BCUT2D eigenvalue weighted by atomic mass is 35.5. The Morgan fingerprint density at radius 3 is 2.46 bits per heavy atom. The standard InChI is InChI=1S/C28H36ClF3N6O3/c1-15-24(23(16(2)33)17(3)39)35-25(21-8-20(6-7-22(21)29)41-10-19(40)9-34-5)36-26(15)38-13-27(14-38)11-37(12-27)18(4)28(30,31)32/h6-8,18-19,34,40H,9-14,33H2,1-5H3/t18-,19-/m1/s1. The number of benzene rings is 1. The minimum Gasteiger partial charge on any atom is -0.491 e. The maximum Gasteiger partial charge on any atom is 0.403 e. The second-order valence-electron chi connectivity index (χ2n) is 11.1. The van der Waals surface area contributed by atoms with E-state index in [2.05, 4.69) is 5.32 Å². The molecular formula is C28H36ClF3N6O3. The molecule has 13 heteroatoms. The number of ether oxygens (including phenoxy) is 1. The second-order valence-corrected chi connectivity index (χ2v) is 11.5. The van der Waals surface area contributed by atoms with E-state index in [1.807, 2.05) is 4.90 Å². The summed E-state index contributed by atoms with van der Waals surface area (Å²) in [5, 5.41) is 13.2. The Bertz CT molecular complexity index is 1330. The number of likely N-dealkylation sites (N-methyl/N-ethyl adjacent to an activating group) is 1. The smallest absolute Gasteiger partial charge is 0.403 e. The number of ketones is 1. The summed E-state index contributed by atoms with van der Waals surface area (Å²) in [5.41, 5.74) is 7.88. The molecule has 3 heterocycles. The number of aromatic nitrogens is 2. The van der Waals surface area contributed by atoms with Gasteiger partial charge in [-0.05, 0) is 52.9 Å². The van der Waals surface area contributed by atoms with E-state index >= 15 is 0 Å². The van der Waals surface area contributed by atoms with Gasteiger partial charge < -0.3 is 25.8 Å². The monoisotopic (exact) mass is 596 g/mol. The quantitative estimate of drug-likeness (QED) is 0.355. The molecule has 4 N–H and O–H groups in total. The van der Waals surface area contributed by atoms with Gasteiger partial charge in [-0.3, -0.25) is 9.69 Å². The minimum atomic E-state index is -4.27. The van der Waals surface area contributed by atoms with Gasteiger partial charge in [0, 0.05) is 55.0 Å². The van der Waals surface area contributed by atoms with Crippen molar-refractivity contribution in [2.24, 2.45) is 11.1 Å². The number of carbonyl (C=O) groups is 1. The van der Waals surface area contributed by atoms with Crippen molar-refractivity contribution in [3.63, 3.8) is 0 Å². The zero-order chi connectivity index (χ0) is 30.3. The maximum absolute atomic E-state index is 13.2. The number of nitrogens with zero attached hydrogens (tertiary/aromatic N) is 4. The number of carbonyl (C=O) groups excluding carboxylic acids is 1. The lowest BCUT2D eigenvalue weighted by molar-refractivity contribution is -0.207. The van der Waals surface area contributed by atoms with Crippen molar-refractivity contribution in [3.05, 3.63) is 40.2 Å². The third-order valence-electron chi connectivity index (χ3n) is 7.61. The Labute approximate surface area is 242 Å². The molecule has 0 aliphatic carbocycles. The number of halogens is 4. The van der Waals surface area contributed by atoms with Crippen LogP contribution in [0.2, 0.25) is 5.02 Å². The summed E-state index contributed by atoms with van der Waals surface area (Å²) < 4.78 is 45.3. The van der Waals surface area contributed by atoms with Crippen LogP contribution in [0, 0.1) is 12.3 Å². The lowest BCUT2D eigenvalue weighted by Gasteiger charge is -2.62. The van der Waals surface area contributed by atoms with E-state index in [1.165, 1.54) is 18.7 Å². The van der Waals surface area contributed by atoms with Gasteiger partial charge in [-0.1, -0.05) is 11.6 Å². The molecule has 0 amide bonds. The van der Waals surface area contributed by atoms with Gasteiger partial charge in [0.15, 0.2) is 11.6 Å². The van der Waals surface area contributed by atoms with E-state index < -0.39 is 18.3 Å². The van der Waals surface area contributed by atoms with Crippen LogP contribution in [0.25, 0.3) is 17.0 Å². The molecule has 2 fully saturated rings. The Morgan fingerprint density at radius 2 is 1.90 bits per heavy atom. The number of aliphatic hydroxyl groups is 1. The van der Waals surface area contributed by atoms with Crippen LogP contribution >= 0.6 is 11.6 Å². The molecule has 2 aromatic rings. The SMILES string of the molecule is CNC[C@@H](O)COc1ccc(Cl)c(-c2nc(C(C(C)=O)=C(C)N)c(C)c(N3CC4(C3)CN([C@H](C)C(F)(F)F)C4)n2)c1. The van der Waals surface area contributed by atoms with Gasteiger partial charge in [-0.15, -0.1) is 0 Å². The van der Waals surface area contributed by atoms with E-state index in [0.717, 1.165) is 0 Å². The molecule has 2 atom stereocenters. The molecule has 0 radical (unpaired) electrons. The maximum atomic E-state index is 13.2. The number of alkyl halides is 3. The first-order valence-corrected chi connectivity index (χ1v) is 13.7. The molecular weight excluding hydrogens is 561 g/mol. The molecule has 4 rings (SSSR count). The van der Waals surface area contributed by atoms with Gasteiger partial charge in [-0.25, -0.2) is 9.97 Å². The average molecular weight is 597 g/mol. The summed E-state index contributed by atoms with van der Waals surface area (Å²) in [5.74, 6) is 0.986. The highest BCUT2D eigenvalue weighted by Crippen LogP contribution is 2.46. The number of rotatable bonds is 10. The normalized spacial score (nSPS) is 18.8. The Hall–Kier alpha value is -2.93. The van der Waals surface area contributed by atoms with E-state index in [0.29, 0.717) is 71.8 Å². The Balaban J connectivity index is 1.68. The van der Waals surface area contributed by atoms with Crippen molar-refractivity contribution in [2.45, 2.75) is 46.0 Å². The summed E-state index contributed by atoms with van der Waals surface area (Å²) >= 11 is 6.57. The zero-order valence-corrected chi connectivity index (χ0v) is 24.5. The van der Waals surface area contributed by atoms with Crippen molar-refractivity contribution in [1.82, 2.24) is 20.2 Å². The molecule has 2 aliphatic heterocycles. The molecule has 2 saturated heterocycles. The molecule has 0 saturated carbocycles. The van der Waals surface area contributed by atoms with Crippen LogP contribution in [0.3, 0.4) is 0 Å². The van der Waals surface area contributed by atoms with Crippen molar-refractivity contribution in [1.29, 1.82) is 0 Å². The number of Topliss-reactive ketones (excluding diaryl/α,β-unsaturated/α-hetero) is 1. The number of aliphatic hydroxyl groups excluding tert-OH is 1. The lowest BCUT2D eigenvalue weighted by Crippen LogP contribution is -2.74. The second kappa shape index (κ2) is 11.7. The van der Waals surface area contributed by atoms with Gasteiger partial charge in [0.25, 0.3) is 0 Å². The Kier molecular flexibility index (Phi) is 8.89. The summed E-state index contributed by atoms with van der Waals surface area (Å²) in [4.78, 5) is 25.6. The number of allylic oxidation sites excluding steroid dienone is 2. The summed E-state index contributed by atoms with van der Waals surface area (Å²) in [6.45, 7) is 8.16. The molecule has 224 valence electrons. The molecule has 1 spiro atoms. The molecule has 9 nitrogen and oxygen atoms in total. The molecule has 0 unspecified atom stereocenters. The fourth-order valence-corrected chi connectivity index (χ4v) is 5.67. The molecule has 2 aliphatic rings. The first-order valence-electron chi connectivity index (χ1n) is 13.3. The van der Waals surface area contributed by atoms with Gasteiger partial charge >= 0.3 is 6.18 Å². The number of anilines is 1. The van der Waals surface area contributed by atoms with E-state index in [-0.39, 0.29) is 29.2 Å².